The lowest BCUT2D eigenvalue weighted by molar-refractivity contribution is 0.0837. The van der Waals surface area contributed by atoms with Gasteiger partial charge in [0.15, 0.2) is 0 Å². The Morgan fingerprint density at radius 2 is 2.09 bits per heavy atom. The van der Waals surface area contributed by atoms with E-state index in [4.69, 9.17) is 4.74 Å². The van der Waals surface area contributed by atoms with Crippen LogP contribution in [0.5, 0.6) is 0 Å². The molecular formula is C16H28N4O2. The lowest BCUT2D eigenvalue weighted by atomic mass is 10.2. The van der Waals surface area contributed by atoms with E-state index in [1.165, 1.54) is 18.5 Å². The summed E-state index contributed by atoms with van der Waals surface area (Å²) in [7, 11) is 0. The van der Waals surface area contributed by atoms with E-state index >= 15 is 0 Å². The van der Waals surface area contributed by atoms with E-state index in [1.807, 2.05) is 6.92 Å². The maximum atomic E-state index is 10.2. The van der Waals surface area contributed by atoms with Gasteiger partial charge in [-0.05, 0) is 25.8 Å². The number of hydrogen-bond acceptors (Lipinski definition) is 5. The van der Waals surface area contributed by atoms with Crippen LogP contribution in [0.1, 0.15) is 37.1 Å². The van der Waals surface area contributed by atoms with Gasteiger partial charge in [0.25, 0.3) is 0 Å². The van der Waals surface area contributed by atoms with Crippen LogP contribution in [0.25, 0.3) is 0 Å². The van der Waals surface area contributed by atoms with Crippen LogP contribution in [-0.2, 0) is 11.3 Å². The van der Waals surface area contributed by atoms with Crippen molar-refractivity contribution in [3.05, 3.63) is 17.5 Å². The molecule has 0 bridgehead atoms. The number of H-pyrrole nitrogens is 1. The first kappa shape index (κ1) is 15.9. The molecule has 1 aromatic rings. The molecule has 2 aliphatic rings. The van der Waals surface area contributed by atoms with Crippen molar-refractivity contribution in [1.82, 2.24) is 20.0 Å². The smallest absolute Gasteiger partial charge is 0.0793 e. The summed E-state index contributed by atoms with van der Waals surface area (Å²) >= 11 is 0. The van der Waals surface area contributed by atoms with Crippen LogP contribution in [0.15, 0.2) is 6.07 Å². The Bertz CT molecular complexity index is 461. The number of aromatic amines is 1. The lowest BCUT2D eigenvalue weighted by Gasteiger charge is -2.20. The van der Waals surface area contributed by atoms with E-state index in [0.717, 1.165) is 58.2 Å². The molecule has 2 N–H and O–H groups in total. The quantitative estimate of drug-likeness (QED) is 0.730. The van der Waals surface area contributed by atoms with Gasteiger partial charge in [-0.3, -0.25) is 14.9 Å². The fraction of sp³-hybridized carbons (Fsp3) is 0.812. The summed E-state index contributed by atoms with van der Waals surface area (Å²) in [4.78, 5) is 4.61. The Balaban J connectivity index is 1.48. The zero-order valence-corrected chi connectivity index (χ0v) is 13.5. The normalized spacial score (nSPS) is 24.5. The molecule has 124 valence electrons. The molecule has 1 aromatic heterocycles. The van der Waals surface area contributed by atoms with E-state index in [9.17, 15) is 5.11 Å². The average molecular weight is 308 g/mol. The predicted octanol–water partition coefficient (Wildman–Crippen LogP) is 0.802. The van der Waals surface area contributed by atoms with Crippen molar-refractivity contribution in [3.63, 3.8) is 0 Å². The number of nitrogens with one attached hydrogen (secondary N) is 1. The number of ether oxygens (including phenoxy) is 1. The van der Waals surface area contributed by atoms with Crippen LogP contribution in [-0.4, -0.2) is 77.1 Å². The van der Waals surface area contributed by atoms with Crippen molar-refractivity contribution in [1.29, 1.82) is 0 Å². The molecular weight excluding hydrogens is 280 g/mol. The van der Waals surface area contributed by atoms with Crippen molar-refractivity contribution >= 4 is 0 Å². The topological polar surface area (TPSA) is 64.6 Å². The zero-order chi connectivity index (χ0) is 15.4. The molecule has 6 nitrogen and oxygen atoms in total. The maximum absolute atomic E-state index is 10.2. The number of β-amino-alcohol motifs (C(OH)–C–C–N with tert-alkyl or cyclic N) is 1. The second-order valence-corrected chi connectivity index (χ2v) is 6.48. The van der Waals surface area contributed by atoms with Crippen molar-refractivity contribution in [3.8, 4) is 0 Å². The standard InChI is InChI=1S/C16H28N4O2/c1-2-22-8-7-19-5-6-20(12-15(21)11-19)10-14-9-16(18-17-14)13-3-4-13/h9,13,15,21H,2-8,10-12H2,1H3,(H,17,18)/t15-/m0/s1. The van der Waals surface area contributed by atoms with Gasteiger partial charge in [-0.2, -0.15) is 5.10 Å². The van der Waals surface area contributed by atoms with Gasteiger partial charge in [0.1, 0.15) is 0 Å². The zero-order valence-electron chi connectivity index (χ0n) is 13.5. The molecule has 0 radical (unpaired) electrons. The summed E-state index contributed by atoms with van der Waals surface area (Å²) in [6, 6.07) is 2.20. The van der Waals surface area contributed by atoms with E-state index in [0.29, 0.717) is 5.92 Å². The lowest BCUT2D eigenvalue weighted by Crippen LogP contribution is -2.35. The van der Waals surface area contributed by atoms with Crippen LogP contribution in [0, 0.1) is 0 Å². The first-order valence-corrected chi connectivity index (χ1v) is 8.49. The van der Waals surface area contributed by atoms with Crippen LogP contribution in [0.4, 0.5) is 0 Å². The summed E-state index contributed by atoms with van der Waals surface area (Å²) < 4.78 is 5.42. The van der Waals surface area contributed by atoms with Gasteiger partial charge < -0.3 is 9.84 Å². The molecule has 0 unspecified atom stereocenters. The van der Waals surface area contributed by atoms with Gasteiger partial charge in [-0.25, -0.2) is 0 Å². The SMILES string of the molecule is CCOCCN1CCN(Cc2cc(C3CC3)n[nH]2)C[C@@H](O)C1. The van der Waals surface area contributed by atoms with Gasteiger partial charge in [0.05, 0.1) is 18.4 Å². The van der Waals surface area contributed by atoms with Gasteiger partial charge in [0, 0.05) is 57.5 Å². The summed E-state index contributed by atoms with van der Waals surface area (Å²) in [5.41, 5.74) is 2.38. The van der Waals surface area contributed by atoms with Crippen LogP contribution in [0.3, 0.4) is 0 Å². The largest absolute Gasteiger partial charge is 0.390 e. The first-order valence-electron chi connectivity index (χ1n) is 8.49. The Kier molecular flexibility index (Phi) is 5.46. The minimum Gasteiger partial charge on any atom is -0.390 e. The molecule has 0 spiro atoms. The summed E-state index contributed by atoms with van der Waals surface area (Å²) in [6.45, 7) is 8.67. The molecule has 1 aliphatic heterocycles. The number of rotatable bonds is 7. The van der Waals surface area contributed by atoms with Gasteiger partial charge in [0.2, 0.25) is 0 Å². The van der Waals surface area contributed by atoms with E-state index in [-0.39, 0.29) is 6.10 Å². The maximum Gasteiger partial charge on any atom is 0.0793 e. The third-order valence-electron chi connectivity index (χ3n) is 4.47. The number of aliphatic hydroxyl groups excluding tert-OH is 1. The van der Waals surface area contributed by atoms with Gasteiger partial charge >= 0.3 is 0 Å². The summed E-state index contributed by atoms with van der Waals surface area (Å²) in [6.07, 6.45) is 2.26. The molecule has 1 saturated carbocycles. The predicted molar refractivity (Wildman–Crippen MR) is 84.8 cm³/mol. The fourth-order valence-electron chi connectivity index (χ4n) is 3.09. The van der Waals surface area contributed by atoms with Gasteiger partial charge in [-0.1, -0.05) is 0 Å². The third kappa shape index (κ3) is 4.52. The van der Waals surface area contributed by atoms with Crippen LogP contribution >= 0.6 is 0 Å². The second kappa shape index (κ2) is 7.55. The van der Waals surface area contributed by atoms with Crippen molar-refractivity contribution in [2.24, 2.45) is 0 Å². The van der Waals surface area contributed by atoms with Crippen molar-refractivity contribution in [2.45, 2.75) is 38.3 Å². The van der Waals surface area contributed by atoms with E-state index < -0.39 is 0 Å². The minimum atomic E-state index is -0.296. The monoisotopic (exact) mass is 308 g/mol. The van der Waals surface area contributed by atoms with E-state index in [1.54, 1.807) is 0 Å². The number of nitrogens with zero attached hydrogens (tertiary/aromatic N) is 3. The number of aliphatic hydroxyl groups is 1. The highest BCUT2D eigenvalue weighted by Crippen LogP contribution is 2.39. The highest BCUT2D eigenvalue weighted by atomic mass is 16.5. The average Bonchev–Trinajstić information content (AvgIpc) is 3.26. The number of hydrogen-bond donors (Lipinski definition) is 2. The van der Waals surface area contributed by atoms with E-state index in [2.05, 4.69) is 26.1 Å². The molecule has 1 atom stereocenters. The van der Waals surface area contributed by atoms with Crippen LogP contribution in [0.2, 0.25) is 0 Å². The Morgan fingerprint density at radius 3 is 2.86 bits per heavy atom. The Labute approximate surface area is 132 Å². The first-order chi connectivity index (χ1) is 10.7. The fourth-order valence-corrected chi connectivity index (χ4v) is 3.09. The second-order valence-electron chi connectivity index (χ2n) is 6.48. The highest BCUT2D eigenvalue weighted by molar-refractivity contribution is 5.17. The highest BCUT2D eigenvalue weighted by Gasteiger charge is 2.27. The molecule has 1 saturated heterocycles. The molecule has 2 heterocycles. The summed E-state index contributed by atoms with van der Waals surface area (Å²) in [5.74, 6) is 0.689. The molecule has 0 amide bonds. The van der Waals surface area contributed by atoms with Gasteiger partial charge in [-0.15, -0.1) is 0 Å². The molecule has 1 aliphatic carbocycles. The minimum absolute atomic E-state index is 0.296. The Morgan fingerprint density at radius 1 is 1.32 bits per heavy atom. The molecule has 0 aromatic carbocycles. The summed E-state index contributed by atoms with van der Waals surface area (Å²) in [5, 5.41) is 17.8. The molecule has 22 heavy (non-hydrogen) atoms. The third-order valence-corrected chi connectivity index (χ3v) is 4.47. The van der Waals surface area contributed by atoms with Crippen molar-refractivity contribution < 1.29 is 9.84 Å². The van der Waals surface area contributed by atoms with Crippen molar-refractivity contribution in [2.75, 3.05) is 45.9 Å². The molecule has 3 rings (SSSR count). The van der Waals surface area contributed by atoms with Crippen LogP contribution < -0.4 is 0 Å². The molecule has 6 heteroatoms. The Hall–Kier alpha value is -0.950. The molecule has 2 fully saturated rings. The number of aromatic nitrogens is 2.